The zero-order valence-electron chi connectivity index (χ0n) is 6.60. The minimum atomic E-state index is -0.419. The van der Waals surface area contributed by atoms with Gasteiger partial charge in [0.15, 0.2) is 0 Å². The van der Waals surface area contributed by atoms with Gasteiger partial charge < -0.3 is 0 Å². The van der Waals surface area contributed by atoms with Crippen molar-refractivity contribution < 1.29 is 4.92 Å². The third-order valence-corrected chi connectivity index (χ3v) is 1.76. The lowest BCUT2D eigenvalue weighted by molar-refractivity contribution is -0.383. The van der Waals surface area contributed by atoms with Gasteiger partial charge in [0, 0.05) is 18.3 Å². The van der Waals surface area contributed by atoms with Crippen molar-refractivity contribution in [2.75, 3.05) is 0 Å². The predicted molar refractivity (Wildman–Crippen MR) is 47.2 cm³/mol. The van der Waals surface area contributed by atoms with Gasteiger partial charge in [0.25, 0.3) is 5.69 Å². The Balaban J connectivity index is 2.83. The minimum Gasteiger partial charge on any atom is -0.258 e. The zero-order chi connectivity index (χ0) is 9.26. The second kappa shape index (κ2) is 2.82. The van der Waals surface area contributed by atoms with Crippen LogP contribution in [0.2, 0.25) is 0 Å². The Hall–Kier alpha value is -1.97. The van der Waals surface area contributed by atoms with Gasteiger partial charge in [-0.3, -0.25) is 15.1 Å². The van der Waals surface area contributed by atoms with E-state index in [1.54, 1.807) is 18.2 Å². The minimum absolute atomic E-state index is 0.0712. The number of nitro benzene ring substituents is 1. The number of rotatable bonds is 1. The lowest BCUT2D eigenvalue weighted by Gasteiger charge is -1.96. The van der Waals surface area contributed by atoms with Gasteiger partial charge >= 0.3 is 0 Å². The molecule has 0 aliphatic rings. The summed E-state index contributed by atoms with van der Waals surface area (Å²) >= 11 is 0. The molecule has 1 radical (unpaired) electrons. The summed E-state index contributed by atoms with van der Waals surface area (Å²) in [4.78, 5) is 14.1. The number of nitro groups is 1. The van der Waals surface area contributed by atoms with E-state index in [1.807, 2.05) is 0 Å². The van der Waals surface area contributed by atoms with E-state index in [0.29, 0.717) is 10.9 Å². The van der Waals surface area contributed by atoms with Crippen molar-refractivity contribution in [2.45, 2.75) is 0 Å². The monoisotopic (exact) mass is 173 g/mol. The van der Waals surface area contributed by atoms with Crippen LogP contribution >= 0.6 is 0 Å². The largest absolute Gasteiger partial charge is 0.278 e. The third kappa shape index (κ3) is 1.22. The Morgan fingerprint density at radius 3 is 3.08 bits per heavy atom. The second-order valence-corrected chi connectivity index (χ2v) is 2.54. The molecule has 0 spiro atoms. The summed E-state index contributed by atoms with van der Waals surface area (Å²) in [6.07, 6.45) is 1.49. The summed E-state index contributed by atoms with van der Waals surface area (Å²) in [6, 6.07) is 9.09. The molecule has 0 fully saturated rings. The van der Waals surface area contributed by atoms with Crippen molar-refractivity contribution in [3.63, 3.8) is 0 Å². The summed E-state index contributed by atoms with van der Waals surface area (Å²) < 4.78 is 0. The van der Waals surface area contributed by atoms with Crippen LogP contribution < -0.4 is 0 Å². The lowest BCUT2D eigenvalue weighted by Crippen LogP contribution is -1.89. The SMILES string of the molecule is O=[N+]([O-])c1cccc2nc[c]cc12. The first-order valence-electron chi connectivity index (χ1n) is 3.68. The number of nitrogens with zero attached hydrogens (tertiary/aromatic N) is 2. The van der Waals surface area contributed by atoms with E-state index in [0.717, 1.165) is 0 Å². The Kier molecular flexibility index (Phi) is 1.66. The molecule has 1 aromatic heterocycles. The quantitative estimate of drug-likeness (QED) is 0.489. The molecule has 0 saturated heterocycles. The third-order valence-electron chi connectivity index (χ3n) is 1.76. The van der Waals surface area contributed by atoms with Crippen LogP contribution in [0.25, 0.3) is 10.9 Å². The van der Waals surface area contributed by atoms with E-state index in [9.17, 15) is 10.1 Å². The highest BCUT2D eigenvalue weighted by Crippen LogP contribution is 2.22. The van der Waals surface area contributed by atoms with E-state index in [1.165, 1.54) is 12.3 Å². The topological polar surface area (TPSA) is 56.0 Å². The maximum atomic E-state index is 10.6. The molecule has 0 bridgehead atoms. The maximum absolute atomic E-state index is 10.6. The van der Waals surface area contributed by atoms with E-state index in [4.69, 9.17) is 0 Å². The summed E-state index contributed by atoms with van der Waals surface area (Å²) in [5.41, 5.74) is 0.690. The average molecular weight is 173 g/mol. The molecule has 0 amide bonds. The lowest BCUT2D eigenvalue weighted by atomic mass is 10.2. The molecule has 0 atom stereocenters. The molecule has 2 rings (SSSR count). The normalized spacial score (nSPS) is 10.2. The van der Waals surface area contributed by atoms with Crippen molar-refractivity contribution >= 4 is 16.6 Å². The van der Waals surface area contributed by atoms with Crippen molar-refractivity contribution in [2.24, 2.45) is 0 Å². The molecule has 63 valence electrons. The number of hydrogen-bond donors (Lipinski definition) is 0. The van der Waals surface area contributed by atoms with Crippen LogP contribution in [-0.2, 0) is 0 Å². The van der Waals surface area contributed by atoms with E-state index in [2.05, 4.69) is 11.1 Å². The average Bonchev–Trinajstić information content (AvgIpc) is 2.17. The van der Waals surface area contributed by atoms with Crippen molar-refractivity contribution in [1.82, 2.24) is 4.98 Å². The highest BCUT2D eigenvalue weighted by atomic mass is 16.6. The number of benzene rings is 1. The van der Waals surface area contributed by atoms with Crippen LogP contribution in [-0.4, -0.2) is 9.91 Å². The van der Waals surface area contributed by atoms with Crippen molar-refractivity contribution in [3.8, 4) is 0 Å². The van der Waals surface area contributed by atoms with Crippen molar-refractivity contribution in [1.29, 1.82) is 0 Å². The molecule has 2 aromatic rings. The Bertz CT molecular complexity index is 463. The molecule has 4 heteroatoms. The van der Waals surface area contributed by atoms with Gasteiger partial charge in [0.05, 0.1) is 15.8 Å². The van der Waals surface area contributed by atoms with Crippen molar-refractivity contribution in [3.05, 3.63) is 46.6 Å². The van der Waals surface area contributed by atoms with E-state index in [-0.39, 0.29) is 5.69 Å². The van der Waals surface area contributed by atoms with Gasteiger partial charge in [-0.2, -0.15) is 0 Å². The molecule has 13 heavy (non-hydrogen) atoms. The van der Waals surface area contributed by atoms with Crippen LogP contribution in [0, 0.1) is 16.2 Å². The molecule has 1 heterocycles. The van der Waals surface area contributed by atoms with Crippen LogP contribution in [0.3, 0.4) is 0 Å². The maximum Gasteiger partial charge on any atom is 0.278 e. The van der Waals surface area contributed by atoms with E-state index >= 15 is 0 Å². The fourth-order valence-electron chi connectivity index (χ4n) is 1.19. The standard InChI is InChI=1S/C9H5N2O2/c12-11(13)9-5-1-4-8-7(9)3-2-6-10-8/h1,3-6H. The first-order valence-corrected chi connectivity index (χ1v) is 3.68. The zero-order valence-corrected chi connectivity index (χ0v) is 6.60. The van der Waals surface area contributed by atoms with Crippen LogP contribution in [0.5, 0.6) is 0 Å². The molecule has 4 nitrogen and oxygen atoms in total. The van der Waals surface area contributed by atoms with Crippen LogP contribution in [0.1, 0.15) is 0 Å². The Morgan fingerprint density at radius 1 is 1.46 bits per heavy atom. The Morgan fingerprint density at radius 2 is 2.31 bits per heavy atom. The van der Waals surface area contributed by atoms with Gasteiger partial charge in [-0.1, -0.05) is 6.07 Å². The van der Waals surface area contributed by atoms with E-state index < -0.39 is 4.92 Å². The van der Waals surface area contributed by atoms with Crippen LogP contribution in [0.15, 0.2) is 30.5 Å². The number of hydrogen-bond acceptors (Lipinski definition) is 3. The first-order chi connectivity index (χ1) is 6.29. The summed E-state index contributed by atoms with van der Waals surface area (Å²) in [7, 11) is 0. The number of aromatic nitrogens is 1. The highest BCUT2D eigenvalue weighted by molar-refractivity contribution is 5.87. The number of fused-ring (bicyclic) bond motifs is 1. The fraction of sp³-hybridized carbons (Fsp3) is 0. The van der Waals surface area contributed by atoms with Gasteiger partial charge in [-0.25, -0.2) is 0 Å². The summed E-state index contributed by atoms with van der Waals surface area (Å²) in [5.74, 6) is 0. The summed E-state index contributed by atoms with van der Waals surface area (Å²) in [5, 5.41) is 11.1. The number of pyridine rings is 1. The molecular weight excluding hydrogens is 168 g/mol. The molecule has 0 N–H and O–H groups in total. The predicted octanol–water partition coefficient (Wildman–Crippen LogP) is 1.94. The molecular formula is C9H5N2O2. The van der Waals surface area contributed by atoms with Gasteiger partial charge in [0.1, 0.15) is 0 Å². The first kappa shape index (κ1) is 7.67. The number of non-ortho nitro benzene ring substituents is 1. The van der Waals surface area contributed by atoms with Crippen LogP contribution in [0.4, 0.5) is 5.69 Å². The van der Waals surface area contributed by atoms with Gasteiger partial charge in [-0.15, -0.1) is 0 Å². The second-order valence-electron chi connectivity index (χ2n) is 2.54. The molecule has 0 saturated carbocycles. The molecule has 0 unspecified atom stereocenters. The molecule has 0 aliphatic carbocycles. The summed E-state index contributed by atoms with van der Waals surface area (Å²) in [6.45, 7) is 0. The molecule has 0 aliphatic heterocycles. The Labute approximate surface area is 74.0 Å². The smallest absolute Gasteiger partial charge is 0.258 e. The van der Waals surface area contributed by atoms with Gasteiger partial charge in [-0.05, 0) is 12.1 Å². The molecule has 1 aromatic carbocycles. The highest BCUT2D eigenvalue weighted by Gasteiger charge is 2.09. The fourth-order valence-corrected chi connectivity index (χ4v) is 1.19. The van der Waals surface area contributed by atoms with Gasteiger partial charge in [0.2, 0.25) is 0 Å².